The summed E-state index contributed by atoms with van der Waals surface area (Å²) in [5.41, 5.74) is 1.67. The molecule has 0 saturated carbocycles. The lowest BCUT2D eigenvalue weighted by atomic mass is 10.1. The first-order chi connectivity index (χ1) is 14.0. The second kappa shape index (κ2) is 10.1. The van der Waals surface area contributed by atoms with Crippen molar-refractivity contribution in [2.24, 2.45) is 0 Å². The van der Waals surface area contributed by atoms with E-state index in [2.05, 4.69) is 10.2 Å². The van der Waals surface area contributed by atoms with Gasteiger partial charge in [-0.15, -0.1) is 0 Å². The molecular formula is C21H25N3O5. The number of hydrogen-bond donors (Lipinski definition) is 2. The van der Waals surface area contributed by atoms with Crippen LogP contribution in [0.15, 0.2) is 48.5 Å². The quantitative estimate of drug-likeness (QED) is 0.522. The number of aliphatic hydroxyl groups is 1. The number of benzene rings is 2. The van der Waals surface area contributed by atoms with Crippen LogP contribution in [-0.2, 0) is 16.0 Å². The van der Waals surface area contributed by atoms with Crippen LogP contribution < -0.4 is 5.32 Å². The molecule has 0 aromatic heterocycles. The Morgan fingerprint density at radius 1 is 1.17 bits per heavy atom. The molecule has 1 aliphatic rings. The van der Waals surface area contributed by atoms with Gasteiger partial charge >= 0.3 is 0 Å². The smallest absolute Gasteiger partial charge is 0.273 e. The van der Waals surface area contributed by atoms with Gasteiger partial charge in [0.25, 0.3) is 5.69 Å². The van der Waals surface area contributed by atoms with Crippen LogP contribution in [0, 0.1) is 10.1 Å². The van der Waals surface area contributed by atoms with E-state index in [0.717, 1.165) is 38.4 Å². The van der Waals surface area contributed by atoms with Gasteiger partial charge in [-0.25, -0.2) is 0 Å². The summed E-state index contributed by atoms with van der Waals surface area (Å²) in [6.45, 7) is 4.04. The number of nitro benzene ring substituents is 1. The minimum atomic E-state index is -0.574. The monoisotopic (exact) mass is 399 g/mol. The molecule has 1 atom stereocenters. The highest BCUT2D eigenvalue weighted by Crippen LogP contribution is 2.21. The number of ether oxygens (including phenoxy) is 1. The van der Waals surface area contributed by atoms with E-state index in [0.29, 0.717) is 17.7 Å². The second-order valence-electron chi connectivity index (χ2n) is 6.99. The third kappa shape index (κ3) is 6.08. The number of morpholine rings is 1. The van der Waals surface area contributed by atoms with Gasteiger partial charge in [0.2, 0.25) is 5.91 Å². The molecule has 1 unspecified atom stereocenters. The first-order valence-electron chi connectivity index (χ1n) is 9.63. The Labute approximate surface area is 169 Å². The molecule has 1 saturated heterocycles. The normalized spacial score (nSPS) is 15.6. The molecule has 8 nitrogen and oxygen atoms in total. The van der Waals surface area contributed by atoms with E-state index in [9.17, 15) is 20.0 Å². The number of para-hydroxylation sites is 1. The van der Waals surface area contributed by atoms with Crippen molar-refractivity contribution < 1.29 is 19.6 Å². The summed E-state index contributed by atoms with van der Waals surface area (Å²) in [5.74, 6) is -0.333. The summed E-state index contributed by atoms with van der Waals surface area (Å²) >= 11 is 0. The molecule has 2 aromatic rings. The van der Waals surface area contributed by atoms with Crippen LogP contribution in [0.2, 0.25) is 0 Å². The number of anilines is 1. The first-order valence-corrected chi connectivity index (χ1v) is 9.63. The summed E-state index contributed by atoms with van der Waals surface area (Å²) < 4.78 is 5.32. The predicted molar refractivity (Wildman–Crippen MR) is 109 cm³/mol. The van der Waals surface area contributed by atoms with Crippen LogP contribution in [0.1, 0.15) is 23.7 Å². The van der Waals surface area contributed by atoms with Crippen molar-refractivity contribution in [3.63, 3.8) is 0 Å². The number of hydrogen-bond acceptors (Lipinski definition) is 6. The van der Waals surface area contributed by atoms with Gasteiger partial charge in [-0.05, 0) is 24.1 Å². The van der Waals surface area contributed by atoms with Crippen LogP contribution in [0.25, 0.3) is 0 Å². The average molecular weight is 399 g/mol. The molecule has 8 heteroatoms. The maximum Gasteiger partial charge on any atom is 0.273 e. The van der Waals surface area contributed by atoms with Crippen molar-refractivity contribution >= 4 is 17.3 Å². The molecule has 0 radical (unpaired) electrons. The maximum absolute atomic E-state index is 12.3. The molecule has 0 aliphatic carbocycles. The van der Waals surface area contributed by atoms with Gasteiger partial charge in [0.15, 0.2) is 0 Å². The van der Waals surface area contributed by atoms with Crippen molar-refractivity contribution in [1.82, 2.24) is 4.90 Å². The lowest BCUT2D eigenvalue weighted by Gasteiger charge is -2.27. The molecule has 1 heterocycles. The number of nitrogens with zero attached hydrogens (tertiary/aromatic N) is 2. The predicted octanol–water partition coefficient (Wildman–Crippen LogP) is 2.53. The average Bonchev–Trinajstić information content (AvgIpc) is 2.73. The fourth-order valence-electron chi connectivity index (χ4n) is 3.30. The van der Waals surface area contributed by atoms with Crippen LogP contribution in [0.4, 0.5) is 11.4 Å². The van der Waals surface area contributed by atoms with Crippen LogP contribution >= 0.6 is 0 Å². The lowest BCUT2D eigenvalue weighted by Crippen LogP contribution is -2.37. The Hall–Kier alpha value is -2.81. The summed E-state index contributed by atoms with van der Waals surface area (Å²) in [4.78, 5) is 25.1. The van der Waals surface area contributed by atoms with Crippen molar-refractivity contribution in [2.75, 3.05) is 38.2 Å². The third-order valence-corrected chi connectivity index (χ3v) is 4.94. The molecule has 29 heavy (non-hydrogen) atoms. The second-order valence-corrected chi connectivity index (χ2v) is 6.99. The van der Waals surface area contributed by atoms with E-state index in [1.165, 1.54) is 6.07 Å². The Bertz CT molecular complexity index is 834. The number of aliphatic hydroxyl groups excluding tert-OH is 1. The standard InChI is InChI=1S/C21H25N3O5/c25-20(9-10-23-11-13-29-14-12-23)16-5-7-18(8-6-16)22-21(26)15-17-3-1-2-4-19(17)24(27)28/h1-8,20,25H,9-15H2,(H,22,26). The highest BCUT2D eigenvalue weighted by molar-refractivity contribution is 5.92. The fraction of sp³-hybridized carbons (Fsp3) is 0.381. The molecule has 2 aromatic carbocycles. The Morgan fingerprint density at radius 2 is 1.86 bits per heavy atom. The van der Waals surface area contributed by atoms with Gasteiger partial charge in [-0.2, -0.15) is 0 Å². The summed E-state index contributed by atoms with van der Waals surface area (Å²) in [6.07, 6.45) is -0.0284. The molecular weight excluding hydrogens is 374 g/mol. The maximum atomic E-state index is 12.3. The molecule has 1 amide bonds. The van der Waals surface area contributed by atoms with E-state index in [1.54, 1.807) is 42.5 Å². The Morgan fingerprint density at radius 3 is 2.55 bits per heavy atom. The van der Waals surface area contributed by atoms with Crippen molar-refractivity contribution in [3.05, 3.63) is 69.8 Å². The Kier molecular flexibility index (Phi) is 7.29. The molecule has 0 spiro atoms. The van der Waals surface area contributed by atoms with E-state index < -0.39 is 11.0 Å². The van der Waals surface area contributed by atoms with Gasteiger partial charge < -0.3 is 15.2 Å². The number of amides is 1. The fourth-order valence-corrected chi connectivity index (χ4v) is 3.30. The van der Waals surface area contributed by atoms with E-state index in [4.69, 9.17) is 4.74 Å². The minimum Gasteiger partial charge on any atom is -0.388 e. The summed E-state index contributed by atoms with van der Waals surface area (Å²) in [6, 6.07) is 13.2. The van der Waals surface area contributed by atoms with E-state index >= 15 is 0 Å². The minimum absolute atomic E-state index is 0.0682. The largest absolute Gasteiger partial charge is 0.388 e. The van der Waals surface area contributed by atoms with Gasteiger partial charge in [0.1, 0.15) is 0 Å². The molecule has 3 rings (SSSR count). The van der Waals surface area contributed by atoms with E-state index in [1.807, 2.05) is 0 Å². The molecule has 154 valence electrons. The lowest BCUT2D eigenvalue weighted by molar-refractivity contribution is -0.385. The SMILES string of the molecule is O=C(Cc1ccccc1[N+](=O)[O-])Nc1ccc(C(O)CCN2CCOCC2)cc1. The topological polar surface area (TPSA) is 105 Å². The summed E-state index contributed by atoms with van der Waals surface area (Å²) in [5, 5.41) is 24.2. The zero-order valence-corrected chi connectivity index (χ0v) is 16.1. The van der Waals surface area contributed by atoms with Crippen LogP contribution in [-0.4, -0.2) is 53.7 Å². The summed E-state index contributed by atoms with van der Waals surface area (Å²) in [7, 11) is 0. The van der Waals surface area contributed by atoms with Gasteiger partial charge in [-0.1, -0.05) is 30.3 Å². The highest BCUT2D eigenvalue weighted by atomic mass is 16.6. The first kappa shape index (κ1) is 20.9. The van der Waals surface area contributed by atoms with Gasteiger partial charge in [0, 0.05) is 37.0 Å². The van der Waals surface area contributed by atoms with Gasteiger partial charge in [-0.3, -0.25) is 19.8 Å². The highest BCUT2D eigenvalue weighted by Gasteiger charge is 2.16. The molecule has 0 bridgehead atoms. The number of carbonyl (C=O) groups excluding carboxylic acids is 1. The Balaban J connectivity index is 1.52. The third-order valence-electron chi connectivity index (χ3n) is 4.94. The van der Waals surface area contributed by atoms with Crippen molar-refractivity contribution in [3.8, 4) is 0 Å². The zero-order chi connectivity index (χ0) is 20.6. The van der Waals surface area contributed by atoms with Crippen LogP contribution in [0.3, 0.4) is 0 Å². The van der Waals surface area contributed by atoms with Gasteiger partial charge in [0.05, 0.1) is 30.7 Å². The number of nitrogens with one attached hydrogen (secondary N) is 1. The molecule has 1 fully saturated rings. The molecule has 2 N–H and O–H groups in total. The number of rotatable bonds is 8. The molecule has 1 aliphatic heterocycles. The number of carbonyl (C=O) groups is 1. The van der Waals surface area contributed by atoms with Crippen LogP contribution in [0.5, 0.6) is 0 Å². The van der Waals surface area contributed by atoms with Crippen molar-refractivity contribution in [2.45, 2.75) is 18.9 Å². The zero-order valence-electron chi connectivity index (χ0n) is 16.1. The van der Waals surface area contributed by atoms with Crippen molar-refractivity contribution in [1.29, 1.82) is 0 Å². The van der Waals surface area contributed by atoms with E-state index in [-0.39, 0.29) is 18.0 Å². The number of nitro groups is 1.